The van der Waals surface area contributed by atoms with E-state index in [9.17, 15) is 13.2 Å². The quantitative estimate of drug-likeness (QED) is 0.408. The Morgan fingerprint density at radius 1 is 1.11 bits per heavy atom. The zero-order valence-corrected chi connectivity index (χ0v) is 19.7. The number of benzene rings is 1. The highest BCUT2D eigenvalue weighted by Crippen LogP contribution is 2.35. The predicted octanol–water partition coefficient (Wildman–Crippen LogP) is 5.53. The SMILES string of the molecule is CCCC[C@H](CC)CNC(=O)CCCN(c1cc(Cl)c(Cl)cc1Cl)S(C)(=O)=O. The number of carbonyl (C=O) groups excluding carboxylic acids is 1. The molecule has 9 heteroatoms. The second kappa shape index (κ2) is 12.1. The van der Waals surface area contributed by atoms with Crippen molar-refractivity contribution in [2.75, 3.05) is 23.7 Å². The molecule has 1 amide bonds. The summed E-state index contributed by atoms with van der Waals surface area (Å²) in [6.45, 7) is 5.05. The molecule has 1 N–H and O–H groups in total. The van der Waals surface area contributed by atoms with Crippen LogP contribution in [0.15, 0.2) is 12.1 Å². The normalized spacial score (nSPS) is 12.6. The number of amides is 1. The molecule has 160 valence electrons. The van der Waals surface area contributed by atoms with Crippen molar-refractivity contribution < 1.29 is 13.2 Å². The van der Waals surface area contributed by atoms with Crippen LogP contribution in [0.5, 0.6) is 0 Å². The highest BCUT2D eigenvalue weighted by Gasteiger charge is 2.21. The number of halogens is 3. The van der Waals surface area contributed by atoms with E-state index in [1.54, 1.807) is 0 Å². The minimum Gasteiger partial charge on any atom is -0.356 e. The Morgan fingerprint density at radius 3 is 2.32 bits per heavy atom. The molecule has 0 heterocycles. The molecule has 1 atom stereocenters. The lowest BCUT2D eigenvalue weighted by atomic mass is 9.99. The average molecular weight is 472 g/mol. The third-order valence-corrected chi connectivity index (χ3v) is 6.76. The molecular weight excluding hydrogens is 443 g/mol. The number of nitrogens with one attached hydrogen (secondary N) is 1. The highest BCUT2D eigenvalue weighted by atomic mass is 35.5. The third-order valence-electron chi connectivity index (χ3n) is 4.55. The number of nitrogens with zero attached hydrogens (tertiary/aromatic N) is 1. The number of sulfonamides is 1. The molecule has 1 aromatic rings. The number of hydrogen-bond acceptors (Lipinski definition) is 3. The van der Waals surface area contributed by atoms with Crippen molar-refractivity contribution in [1.29, 1.82) is 0 Å². The smallest absolute Gasteiger partial charge is 0.232 e. The molecule has 0 spiro atoms. The molecule has 0 aliphatic rings. The summed E-state index contributed by atoms with van der Waals surface area (Å²) in [4.78, 5) is 12.1. The van der Waals surface area contributed by atoms with Gasteiger partial charge in [0.05, 0.1) is 27.0 Å². The molecule has 0 saturated carbocycles. The molecule has 1 aromatic carbocycles. The lowest BCUT2D eigenvalue weighted by molar-refractivity contribution is -0.121. The summed E-state index contributed by atoms with van der Waals surface area (Å²) in [5, 5.41) is 3.60. The lowest BCUT2D eigenvalue weighted by Crippen LogP contribution is -2.33. The number of anilines is 1. The molecule has 0 saturated heterocycles. The first kappa shape index (κ1) is 25.3. The van der Waals surface area contributed by atoms with E-state index in [-0.39, 0.29) is 39.6 Å². The van der Waals surface area contributed by atoms with Gasteiger partial charge in [-0.2, -0.15) is 0 Å². The van der Waals surface area contributed by atoms with Crippen LogP contribution >= 0.6 is 34.8 Å². The van der Waals surface area contributed by atoms with Gasteiger partial charge >= 0.3 is 0 Å². The molecule has 5 nitrogen and oxygen atoms in total. The van der Waals surface area contributed by atoms with E-state index in [1.807, 2.05) is 0 Å². The first-order valence-electron chi connectivity index (χ1n) is 9.49. The van der Waals surface area contributed by atoms with Gasteiger partial charge < -0.3 is 5.32 Å². The standard InChI is InChI=1S/C19H29Cl3N2O3S/c1-4-6-8-14(5-2)13-23-19(25)9-7-10-24(28(3,26)27)18-12-16(21)15(20)11-17(18)22/h11-12,14H,4-10,13H2,1-3H3,(H,23,25)/t14-/m0/s1. The van der Waals surface area contributed by atoms with Gasteiger partial charge in [0.1, 0.15) is 0 Å². The molecule has 0 unspecified atom stereocenters. The summed E-state index contributed by atoms with van der Waals surface area (Å²) in [7, 11) is -3.59. The summed E-state index contributed by atoms with van der Waals surface area (Å²) < 4.78 is 25.6. The van der Waals surface area contributed by atoms with E-state index in [4.69, 9.17) is 34.8 Å². The fourth-order valence-corrected chi connectivity index (χ4v) is 4.50. The monoisotopic (exact) mass is 470 g/mol. The lowest BCUT2D eigenvalue weighted by Gasteiger charge is -2.24. The number of carbonyl (C=O) groups is 1. The van der Waals surface area contributed by atoms with Gasteiger partial charge in [-0.25, -0.2) is 8.42 Å². The number of rotatable bonds is 12. The molecule has 0 aromatic heterocycles. The van der Waals surface area contributed by atoms with Crippen LogP contribution in [0, 0.1) is 5.92 Å². The van der Waals surface area contributed by atoms with Gasteiger partial charge in [0.25, 0.3) is 0 Å². The summed E-state index contributed by atoms with van der Waals surface area (Å²) in [5.41, 5.74) is 0.254. The van der Waals surface area contributed by atoms with Crippen LogP contribution in [-0.2, 0) is 14.8 Å². The van der Waals surface area contributed by atoms with Crippen molar-refractivity contribution >= 4 is 56.4 Å². The van der Waals surface area contributed by atoms with Crippen LogP contribution in [0.25, 0.3) is 0 Å². The van der Waals surface area contributed by atoms with Crippen LogP contribution in [0.3, 0.4) is 0 Å². The minimum atomic E-state index is -3.59. The second-order valence-corrected chi connectivity index (χ2v) is 10.0. The van der Waals surface area contributed by atoms with Gasteiger partial charge in [0, 0.05) is 19.5 Å². The van der Waals surface area contributed by atoms with E-state index in [0.29, 0.717) is 18.9 Å². The predicted molar refractivity (Wildman–Crippen MR) is 119 cm³/mol. The van der Waals surface area contributed by atoms with Gasteiger partial charge in [0.15, 0.2) is 0 Å². The maximum Gasteiger partial charge on any atom is 0.232 e. The first-order valence-corrected chi connectivity index (χ1v) is 12.5. The van der Waals surface area contributed by atoms with E-state index in [0.717, 1.165) is 36.2 Å². The Bertz CT molecular complexity index is 757. The van der Waals surface area contributed by atoms with Crippen molar-refractivity contribution in [2.45, 2.75) is 52.4 Å². The highest BCUT2D eigenvalue weighted by molar-refractivity contribution is 7.92. The van der Waals surface area contributed by atoms with Crippen molar-refractivity contribution in [3.8, 4) is 0 Å². The average Bonchev–Trinajstić information content (AvgIpc) is 2.61. The fourth-order valence-electron chi connectivity index (χ4n) is 2.84. The van der Waals surface area contributed by atoms with Crippen molar-refractivity contribution in [1.82, 2.24) is 5.32 Å². The second-order valence-electron chi connectivity index (χ2n) is 6.88. The third kappa shape index (κ3) is 8.36. The first-order chi connectivity index (χ1) is 13.1. The maximum atomic E-state index is 12.2. The summed E-state index contributed by atoms with van der Waals surface area (Å²) in [5.74, 6) is 0.398. The Labute approximate surface area is 183 Å². The van der Waals surface area contributed by atoms with Gasteiger partial charge in [-0.15, -0.1) is 0 Å². The molecule has 0 bridgehead atoms. The van der Waals surface area contributed by atoms with Crippen LogP contribution in [-0.4, -0.2) is 33.7 Å². The van der Waals surface area contributed by atoms with Crippen LogP contribution in [0.4, 0.5) is 5.69 Å². The molecule has 0 aliphatic carbocycles. The molecule has 0 fully saturated rings. The summed E-state index contributed by atoms with van der Waals surface area (Å²) in [6, 6.07) is 2.83. The maximum absolute atomic E-state index is 12.2. The van der Waals surface area contributed by atoms with E-state index >= 15 is 0 Å². The van der Waals surface area contributed by atoms with Gasteiger partial charge in [0.2, 0.25) is 15.9 Å². The van der Waals surface area contributed by atoms with E-state index in [2.05, 4.69) is 19.2 Å². The topological polar surface area (TPSA) is 66.5 Å². The molecule has 1 rings (SSSR count). The fraction of sp³-hybridized carbons (Fsp3) is 0.632. The summed E-state index contributed by atoms with van der Waals surface area (Å²) >= 11 is 18.1. The zero-order chi connectivity index (χ0) is 21.3. The zero-order valence-electron chi connectivity index (χ0n) is 16.6. The van der Waals surface area contributed by atoms with Gasteiger partial charge in [-0.3, -0.25) is 9.10 Å². The van der Waals surface area contributed by atoms with Crippen LogP contribution in [0.1, 0.15) is 52.4 Å². The van der Waals surface area contributed by atoms with Gasteiger partial charge in [-0.05, 0) is 30.9 Å². The van der Waals surface area contributed by atoms with Crippen molar-refractivity contribution in [2.24, 2.45) is 5.92 Å². The Kier molecular flexibility index (Phi) is 11.0. The van der Waals surface area contributed by atoms with Crippen molar-refractivity contribution in [3.05, 3.63) is 27.2 Å². The molecule has 0 radical (unpaired) electrons. The molecular formula is C19H29Cl3N2O3S. The molecule has 28 heavy (non-hydrogen) atoms. The Hall–Kier alpha value is -0.690. The van der Waals surface area contributed by atoms with E-state index < -0.39 is 10.0 Å². The Balaban J connectivity index is 2.66. The minimum absolute atomic E-state index is 0.0800. The van der Waals surface area contributed by atoms with E-state index in [1.165, 1.54) is 12.1 Å². The van der Waals surface area contributed by atoms with Crippen LogP contribution in [0.2, 0.25) is 15.1 Å². The summed E-state index contributed by atoms with van der Waals surface area (Å²) in [6.07, 6.45) is 6.11. The number of hydrogen-bond donors (Lipinski definition) is 1. The van der Waals surface area contributed by atoms with Crippen LogP contribution < -0.4 is 9.62 Å². The van der Waals surface area contributed by atoms with Crippen molar-refractivity contribution in [3.63, 3.8) is 0 Å². The Morgan fingerprint density at radius 2 is 1.75 bits per heavy atom. The largest absolute Gasteiger partial charge is 0.356 e. The molecule has 0 aliphatic heterocycles. The number of unbranched alkanes of at least 4 members (excludes halogenated alkanes) is 1. The van der Waals surface area contributed by atoms with Gasteiger partial charge in [-0.1, -0.05) is 67.9 Å².